The zero-order chi connectivity index (χ0) is 15.9. The molecule has 2 rings (SSSR count). The van der Waals surface area contributed by atoms with E-state index >= 15 is 0 Å². The van der Waals surface area contributed by atoms with Crippen molar-refractivity contribution in [1.82, 2.24) is 9.88 Å². The summed E-state index contributed by atoms with van der Waals surface area (Å²) >= 11 is 0. The zero-order valence-corrected chi connectivity index (χ0v) is 12.1. The average Bonchev–Trinajstić information content (AvgIpc) is 2.98. The number of hydrogen-bond acceptors (Lipinski definition) is 5. The van der Waals surface area contributed by atoms with Crippen LogP contribution in [0.1, 0.15) is 22.7 Å². The van der Waals surface area contributed by atoms with Crippen molar-refractivity contribution in [1.29, 1.82) is 0 Å². The van der Waals surface area contributed by atoms with Crippen LogP contribution in [0.2, 0.25) is 0 Å². The predicted molar refractivity (Wildman–Crippen MR) is 77.5 cm³/mol. The van der Waals surface area contributed by atoms with Gasteiger partial charge in [-0.1, -0.05) is 6.07 Å². The van der Waals surface area contributed by atoms with Gasteiger partial charge in [-0.2, -0.15) is 0 Å². The topological polar surface area (TPSA) is 90.5 Å². The third kappa shape index (κ3) is 4.08. The van der Waals surface area contributed by atoms with Gasteiger partial charge in [-0.25, -0.2) is 0 Å². The van der Waals surface area contributed by atoms with Crippen molar-refractivity contribution in [2.45, 2.75) is 13.0 Å². The van der Waals surface area contributed by atoms with Gasteiger partial charge in [-0.15, -0.1) is 0 Å². The highest BCUT2D eigenvalue weighted by Crippen LogP contribution is 2.09. The molecule has 0 fully saturated rings. The van der Waals surface area contributed by atoms with Gasteiger partial charge in [0.2, 0.25) is 0 Å². The number of ether oxygens (including phenoxy) is 1. The van der Waals surface area contributed by atoms with E-state index in [0.29, 0.717) is 5.76 Å². The van der Waals surface area contributed by atoms with Crippen LogP contribution < -0.4 is 10.9 Å². The van der Waals surface area contributed by atoms with Crippen LogP contribution in [-0.2, 0) is 16.1 Å². The van der Waals surface area contributed by atoms with Gasteiger partial charge in [-0.3, -0.25) is 14.4 Å². The van der Waals surface area contributed by atoms with Crippen LogP contribution in [0.15, 0.2) is 45.7 Å². The van der Waals surface area contributed by atoms with Crippen molar-refractivity contribution >= 4 is 11.9 Å². The Morgan fingerprint density at radius 3 is 2.82 bits per heavy atom. The first kappa shape index (κ1) is 15.6. The van der Waals surface area contributed by atoms with Crippen LogP contribution in [0.3, 0.4) is 0 Å². The second kappa shape index (κ2) is 7.26. The molecule has 2 aromatic heterocycles. The standard InChI is InChI=1S/C15H16N2O5/c1-21-14(19)7-8-16-15(20)12-6-5-11(22-12)10-17-9-3-2-4-13(17)18/h2-6,9H,7-8,10H2,1H3,(H,16,20). The minimum absolute atomic E-state index is 0.0925. The van der Waals surface area contributed by atoms with E-state index < -0.39 is 11.9 Å². The van der Waals surface area contributed by atoms with Gasteiger partial charge in [-0.05, 0) is 18.2 Å². The summed E-state index contributed by atoms with van der Waals surface area (Å²) in [6.45, 7) is 0.412. The van der Waals surface area contributed by atoms with E-state index in [0.717, 1.165) is 0 Å². The molecule has 22 heavy (non-hydrogen) atoms. The molecule has 1 amide bonds. The number of carbonyl (C=O) groups is 2. The van der Waals surface area contributed by atoms with Crippen molar-refractivity contribution in [2.24, 2.45) is 0 Å². The molecule has 0 aliphatic heterocycles. The molecule has 7 heteroatoms. The van der Waals surface area contributed by atoms with Gasteiger partial charge in [0.1, 0.15) is 5.76 Å². The van der Waals surface area contributed by atoms with Gasteiger partial charge in [0.05, 0.1) is 20.1 Å². The summed E-state index contributed by atoms with van der Waals surface area (Å²) in [6, 6.07) is 8.00. The SMILES string of the molecule is COC(=O)CCNC(=O)c1ccc(Cn2ccccc2=O)o1. The summed E-state index contributed by atoms with van der Waals surface area (Å²) in [7, 11) is 1.29. The number of rotatable bonds is 6. The summed E-state index contributed by atoms with van der Waals surface area (Å²) in [5.74, 6) is -0.199. The normalized spacial score (nSPS) is 10.2. The minimum Gasteiger partial charge on any atom is -0.469 e. The van der Waals surface area contributed by atoms with Gasteiger partial charge in [0, 0.05) is 18.8 Å². The molecule has 0 saturated carbocycles. The number of methoxy groups -OCH3 is 1. The summed E-state index contributed by atoms with van der Waals surface area (Å²) in [4.78, 5) is 34.4. The Bertz CT molecular complexity index is 716. The van der Waals surface area contributed by atoms with E-state index in [9.17, 15) is 14.4 Å². The number of aromatic nitrogens is 1. The molecular formula is C15H16N2O5. The Kier molecular flexibility index (Phi) is 5.13. The molecule has 0 aliphatic carbocycles. The summed E-state index contributed by atoms with van der Waals surface area (Å²) in [6.07, 6.45) is 1.73. The summed E-state index contributed by atoms with van der Waals surface area (Å²) < 4.78 is 11.3. The zero-order valence-electron chi connectivity index (χ0n) is 12.1. The van der Waals surface area contributed by atoms with Crippen LogP contribution in [0, 0.1) is 0 Å². The lowest BCUT2D eigenvalue weighted by atomic mass is 10.3. The molecule has 0 saturated heterocycles. The van der Waals surface area contributed by atoms with E-state index in [1.807, 2.05) is 0 Å². The highest BCUT2D eigenvalue weighted by atomic mass is 16.5. The molecule has 0 aliphatic rings. The summed E-state index contributed by atoms with van der Waals surface area (Å²) in [5, 5.41) is 2.55. The Hall–Kier alpha value is -2.83. The van der Waals surface area contributed by atoms with Crippen molar-refractivity contribution < 1.29 is 18.7 Å². The molecule has 1 N–H and O–H groups in total. The predicted octanol–water partition coefficient (Wildman–Crippen LogP) is 0.782. The maximum Gasteiger partial charge on any atom is 0.307 e. The van der Waals surface area contributed by atoms with E-state index in [4.69, 9.17) is 4.42 Å². The number of nitrogens with one attached hydrogen (secondary N) is 1. The quantitative estimate of drug-likeness (QED) is 0.797. The molecule has 7 nitrogen and oxygen atoms in total. The Labute approximate surface area is 126 Å². The second-order valence-corrected chi connectivity index (χ2v) is 4.51. The van der Waals surface area contributed by atoms with Gasteiger partial charge in [0.25, 0.3) is 11.5 Å². The lowest BCUT2D eigenvalue weighted by Gasteiger charge is -2.03. The largest absolute Gasteiger partial charge is 0.469 e. The van der Waals surface area contributed by atoms with Gasteiger partial charge >= 0.3 is 5.97 Å². The monoisotopic (exact) mass is 304 g/mol. The molecule has 0 aromatic carbocycles. The maximum absolute atomic E-state index is 11.8. The first-order chi connectivity index (χ1) is 10.6. The number of nitrogens with zero attached hydrogens (tertiary/aromatic N) is 1. The van der Waals surface area contributed by atoms with Crippen LogP contribution in [-0.4, -0.2) is 30.1 Å². The first-order valence-corrected chi connectivity index (χ1v) is 6.69. The smallest absolute Gasteiger partial charge is 0.307 e. The van der Waals surface area contributed by atoms with Crippen molar-refractivity contribution in [3.8, 4) is 0 Å². The first-order valence-electron chi connectivity index (χ1n) is 6.69. The molecule has 0 atom stereocenters. The van der Waals surface area contributed by atoms with Crippen LogP contribution in [0.25, 0.3) is 0 Å². The van der Waals surface area contributed by atoms with Crippen molar-refractivity contribution in [2.75, 3.05) is 13.7 Å². The molecular weight excluding hydrogens is 288 g/mol. The third-order valence-corrected chi connectivity index (χ3v) is 2.95. The van der Waals surface area contributed by atoms with E-state index in [-0.39, 0.29) is 30.8 Å². The Morgan fingerprint density at radius 2 is 2.09 bits per heavy atom. The van der Waals surface area contributed by atoms with Crippen molar-refractivity contribution in [3.63, 3.8) is 0 Å². The number of pyridine rings is 1. The molecule has 0 spiro atoms. The lowest BCUT2D eigenvalue weighted by Crippen LogP contribution is -2.26. The van der Waals surface area contributed by atoms with Crippen LogP contribution in [0.5, 0.6) is 0 Å². The molecule has 0 bridgehead atoms. The van der Waals surface area contributed by atoms with Crippen LogP contribution >= 0.6 is 0 Å². The third-order valence-electron chi connectivity index (χ3n) is 2.95. The molecule has 2 heterocycles. The number of carbonyl (C=O) groups excluding carboxylic acids is 2. The van der Waals surface area contributed by atoms with E-state index in [2.05, 4.69) is 10.1 Å². The fraction of sp³-hybridized carbons (Fsp3) is 0.267. The Morgan fingerprint density at radius 1 is 1.27 bits per heavy atom. The summed E-state index contributed by atoms with van der Waals surface area (Å²) in [5.41, 5.74) is -0.150. The number of esters is 1. The molecule has 0 unspecified atom stereocenters. The highest BCUT2D eigenvalue weighted by Gasteiger charge is 2.12. The fourth-order valence-electron chi connectivity index (χ4n) is 1.81. The van der Waals surface area contributed by atoms with Gasteiger partial charge in [0.15, 0.2) is 5.76 Å². The molecule has 116 valence electrons. The van der Waals surface area contributed by atoms with E-state index in [1.165, 1.54) is 23.8 Å². The fourth-order valence-corrected chi connectivity index (χ4v) is 1.81. The molecule has 2 aromatic rings. The van der Waals surface area contributed by atoms with E-state index in [1.54, 1.807) is 24.4 Å². The number of amides is 1. The minimum atomic E-state index is -0.421. The lowest BCUT2D eigenvalue weighted by molar-refractivity contribution is -0.140. The number of furan rings is 1. The number of hydrogen-bond donors (Lipinski definition) is 1. The highest BCUT2D eigenvalue weighted by molar-refractivity contribution is 5.91. The second-order valence-electron chi connectivity index (χ2n) is 4.51. The van der Waals surface area contributed by atoms with Crippen LogP contribution in [0.4, 0.5) is 0 Å². The van der Waals surface area contributed by atoms with Gasteiger partial charge < -0.3 is 19.0 Å². The molecule has 0 radical (unpaired) electrons. The maximum atomic E-state index is 11.8. The Balaban J connectivity index is 1.93. The average molecular weight is 304 g/mol. The van der Waals surface area contributed by atoms with Crippen molar-refractivity contribution in [3.05, 3.63) is 58.4 Å².